The summed E-state index contributed by atoms with van der Waals surface area (Å²) in [5.41, 5.74) is 2.83. The molecule has 144 valence electrons. The summed E-state index contributed by atoms with van der Waals surface area (Å²) in [6.07, 6.45) is 1.82. The Hall–Kier alpha value is -2.89. The fourth-order valence-electron chi connectivity index (χ4n) is 2.64. The number of nitrogens with one attached hydrogen (secondary N) is 2. The molecule has 2 amide bonds. The molecule has 1 heterocycles. The van der Waals surface area contributed by atoms with Crippen LogP contribution in [0, 0.1) is 6.92 Å². The molecule has 2 rings (SSSR count). The van der Waals surface area contributed by atoms with Crippen LogP contribution in [0.5, 0.6) is 5.88 Å². The summed E-state index contributed by atoms with van der Waals surface area (Å²) in [7, 11) is 0. The van der Waals surface area contributed by atoms with Gasteiger partial charge in [-0.2, -0.15) is 0 Å². The summed E-state index contributed by atoms with van der Waals surface area (Å²) in [6, 6.07) is 11.1. The molecule has 1 aromatic heterocycles. The van der Waals surface area contributed by atoms with Gasteiger partial charge in [-0.15, -0.1) is 0 Å². The van der Waals surface area contributed by atoms with Crippen LogP contribution in [-0.4, -0.2) is 22.9 Å². The average molecular weight is 369 g/mol. The first-order valence-corrected chi connectivity index (χ1v) is 9.06. The Morgan fingerprint density at radius 2 is 1.85 bits per heavy atom. The SMILES string of the molecule is CC(=O)NC(CC(=O)NCc1cccnc1OC(C)C)c1ccc(C)cc1. The second-order valence-electron chi connectivity index (χ2n) is 6.78. The van der Waals surface area contributed by atoms with Crippen molar-refractivity contribution in [3.05, 3.63) is 59.3 Å². The smallest absolute Gasteiger partial charge is 0.222 e. The minimum atomic E-state index is -0.372. The highest BCUT2D eigenvalue weighted by molar-refractivity contribution is 5.79. The molecule has 0 saturated heterocycles. The van der Waals surface area contributed by atoms with Crippen molar-refractivity contribution in [1.29, 1.82) is 0 Å². The van der Waals surface area contributed by atoms with Crippen molar-refractivity contribution >= 4 is 11.8 Å². The first kappa shape index (κ1) is 20.4. The molecule has 0 saturated carbocycles. The molecule has 0 bridgehead atoms. The molecule has 0 aliphatic rings. The van der Waals surface area contributed by atoms with Crippen molar-refractivity contribution in [2.75, 3.05) is 0 Å². The zero-order valence-corrected chi connectivity index (χ0v) is 16.3. The van der Waals surface area contributed by atoms with E-state index in [0.29, 0.717) is 12.4 Å². The van der Waals surface area contributed by atoms with Crippen LogP contribution < -0.4 is 15.4 Å². The van der Waals surface area contributed by atoms with Gasteiger partial charge in [-0.25, -0.2) is 4.98 Å². The number of amides is 2. The summed E-state index contributed by atoms with van der Waals surface area (Å²) >= 11 is 0. The van der Waals surface area contributed by atoms with E-state index in [9.17, 15) is 9.59 Å². The number of carbonyl (C=O) groups excluding carboxylic acids is 2. The van der Waals surface area contributed by atoms with Crippen LogP contribution >= 0.6 is 0 Å². The molecule has 1 unspecified atom stereocenters. The molecule has 1 aromatic carbocycles. The standard InChI is InChI=1S/C21H27N3O3/c1-14(2)27-21-18(6-5-11-22-21)13-23-20(26)12-19(24-16(4)25)17-9-7-15(3)8-10-17/h5-11,14,19H,12-13H2,1-4H3,(H,23,26)(H,24,25). The Labute approximate surface area is 160 Å². The van der Waals surface area contributed by atoms with Crippen molar-refractivity contribution in [3.63, 3.8) is 0 Å². The van der Waals surface area contributed by atoms with Gasteiger partial charge in [-0.3, -0.25) is 9.59 Å². The third-order valence-electron chi connectivity index (χ3n) is 3.92. The zero-order chi connectivity index (χ0) is 19.8. The van der Waals surface area contributed by atoms with Gasteiger partial charge in [0, 0.05) is 25.2 Å². The van der Waals surface area contributed by atoms with Gasteiger partial charge in [0.05, 0.1) is 18.6 Å². The van der Waals surface area contributed by atoms with Crippen LogP contribution in [0.3, 0.4) is 0 Å². The quantitative estimate of drug-likeness (QED) is 0.749. The average Bonchev–Trinajstić information content (AvgIpc) is 2.60. The zero-order valence-electron chi connectivity index (χ0n) is 16.3. The number of carbonyl (C=O) groups is 2. The molecule has 6 nitrogen and oxygen atoms in total. The van der Waals surface area contributed by atoms with Crippen LogP contribution in [0.4, 0.5) is 0 Å². The van der Waals surface area contributed by atoms with E-state index in [1.165, 1.54) is 6.92 Å². The lowest BCUT2D eigenvalue weighted by molar-refractivity contribution is -0.122. The summed E-state index contributed by atoms with van der Waals surface area (Å²) in [4.78, 5) is 28.2. The fraction of sp³-hybridized carbons (Fsp3) is 0.381. The van der Waals surface area contributed by atoms with Crippen molar-refractivity contribution in [2.45, 2.75) is 52.8 Å². The van der Waals surface area contributed by atoms with E-state index < -0.39 is 0 Å². The molecule has 0 radical (unpaired) electrons. The minimum Gasteiger partial charge on any atom is -0.475 e. The van der Waals surface area contributed by atoms with Crippen molar-refractivity contribution in [3.8, 4) is 5.88 Å². The molecule has 0 fully saturated rings. The van der Waals surface area contributed by atoms with Gasteiger partial charge in [0.1, 0.15) is 0 Å². The molecule has 0 aliphatic heterocycles. The van der Waals surface area contributed by atoms with Gasteiger partial charge in [-0.1, -0.05) is 35.9 Å². The van der Waals surface area contributed by atoms with Crippen LogP contribution in [0.15, 0.2) is 42.6 Å². The first-order valence-electron chi connectivity index (χ1n) is 9.06. The highest BCUT2D eigenvalue weighted by Gasteiger charge is 2.17. The normalized spacial score (nSPS) is 11.7. The lowest BCUT2D eigenvalue weighted by atomic mass is 10.0. The Morgan fingerprint density at radius 3 is 2.48 bits per heavy atom. The molecule has 6 heteroatoms. The van der Waals surface area contributed by atoms with E-state index in [0.717, 1.165) is 16.7 Å². The maximum atomic E-state index is 12.5. The summed E-state index contributed by atoms with van der Waals surface area (Å²) in [6.45, 7) is 7.61. The Bertz CT molecular complexity index is 772. The van der Waals surface area contributed by atoms with Crippen LogP contribution in [-0.2, 0) is 16.1 Å². The predicted molar refractivity (Wildman–Crippen MR) is 104 cm³/mol. The number of hydrogen-bond donors (Lipinski definition) is 2. The van der Waals surface area contributed by atoms with E-state index in [1.54, 1.807) is 12.3 Å². The predicted octanol–water partition coefficient (Wildman–Crippen LogP) is 3.06. The lowest BCUT2D eigenvalue weighted by Crippen LogP contribution is -2.32. The van der Waals surface area contributed by atoms with E-state index in [2.05, 4.69) is 15.6 Å². The monoisotopic (exact) mass is 369 g/mol. The van der Waals surface area contributed by atoms with Crippen molar-refractivity contribution < 1.29 is 14.3 Å². The number of aromatic nitrogens is 1. The van der Waals surface area contributed by atoms with Gasteiger partial charge < -0.3 is 15.4 Å². The molecular weight excluding hydrogens is 342 g/mol. The molecular formula is C21H27N3O3. The summed E-state index contributed by atoms with van der Waals surface area (Å²) < 4.78 is 5.67. The van der Waals surface area contributed by atoms with Crippen LogP contribution in [0.1, 0.15) is 49.9 Å². The lowest BCUT2D eigenvalue weighted by Gasteiger charge is -2.19. The largest absolute Gasteiger partial charge is 0.475 e. The van der Waals surface area contributed by atoms with E-state index >= 15 is 0 Å². The Morgan fingerprint density at radius 1 is 1.15 bits per heavy atom. The Kier molecular flexibility index (Phi) is 7.34. The molecule has 2 aromatic rings. The van der Waals surface area contributed by atoms with Gasteiger partial charge in [0.25, 0.3) is 0 Å². The topological polar surface area (TPSA) is 80.3 Å². The number of benzene rings is 1. The highest BCUT2D eigenvalue weighted by atomic mass is 16.5. The number of nitrogens with zero attached hydrogens (tertiary/aromatic N) is 1. The van der Waals surface area contributed by atoms with Crippen LogP contribution in [0.25, 0.3) is 0 Å². The van der Waals surface area contributed by atoms with Gasteiger partial charge in [0.2, 0.25) is 17.7 Å². The number of rotatable bonds is 8. The fourth-order valence-corrected chi connectivity index (χ4v) is 2.64. The Balaban J connectivity index is 2.02. The van der Waals surface area contributed by atoms with Gasteiger partial charge >= 0.3 is 0 Å². The second-order valence-corrected chi connectivity index (χ2v) is 6.78. The van der Waals surface area contributed by atoms with E-state index in [1.807, 2.05) is 51.1 Å². The van der Waals surface area contributed by atoms with Crippen molar-refractivity contribution in [2.24, 2.45) is 0 Å². The van der Waals surface area contributed by atoms with Crippen molar-refractivity contribution in [1.82, 2.24) is 15.6 Å². The summed E-state index contributed by atoms with van der Waals surface area (Å²) in [5, 5.41) is 5.73. The third-order valence-corrected chi connectivity index (χ3v) is 3.92. The van der Waals surface area contributed by atoms with Gasteiger partial charge in [0.15, 0.2) is 0 Å². The first-order chi connectivity index (χ1) is 12.8. The van der Waals surface area contributed by atoms with Crippen LogP contribution in [0.2, 0.25) is 0 Å². The molecule has 1 atom stereocenters. The number of pyridine rings is 1. The highest BCUT2D eigenvalue weighted by Crippen LogP contribution is 2.19. The molecule has 0 aliphatic carbocycles. The van der Waals surface area contributed by atoms with E-state index in [4.69, 9.17) is 4.74 Å². The summed E-state index contributed by atoms with van der Waals surface area (Å²) in [5.74, 6) is 0.187. The number of hydrogen-bond acceptors (Lipinski definition) is 4. The number of ether oxygens (including phenoxy) is 1. The maximum Gasteiger partial charge on any atom is 0.222 e. The number of aryl methyl sites for hydroxylation is 1. The molecule has 2 N–H and O–H groups in total. The minimum absolute atomic E-state index is 0.0000332. The van der Waals surface area contributed by atoms with E-state index in [-0.39, 0.29) is 30.4 Å². The molecule has 0 spiro atoms. The maximum absolute atomic E-state index is 12.5. The van der Waals surface area contributed by atoms with Gasteiger partial charge in [-0.05, 0) is 32.4 Å². The molecule has 27 heavy (non-hydrogen) atoms. The third kappa shape index (κ3) is 6.73. The second kappa shape index (κ2) is 9.71.